The van der Waals surface area contributed by atoms with Gasteiger partial charge in [-0.15, -0.1) is 0 Å². The molecule has 1 aromatic carbocycles. The first kappa shape index (κ1) is 16.5. The number of rotatable bonds is 7. The van der Waals surface area contributed by atoms with Gasteiger partial charge in [-0.05, 0) is 25.5 Å². The average molecular weight is 295 g/mol. The number of amides is 1. The van der Waals surface area contributed by atoms with E-state index in [1.165, 1.54) is 7.11 Å². The van der Waals surface area contributed by atoms with Gasteiger partial charge in [0.05, 0.1) is 12.7 Å². The Kier molecular flexibility index (Phi) is 5.71. The number of carboxylic acids is 2. The Labute approximate surface area is 121 Å². The molecule has 7 nitrogen and oxygen atoms in total. The van der Waals surface area contributed by atoms with Crippen LogP contribution in [0.25, 0.3) is 0 Å². The normalized spacial score (nSPS) is 11.5. The van der Waals surface area contributed by atoms with Crippen LogP contribution in [-0.4, -0.2) is 41.2 Å². The molecule has 21 heavy (non-hydrogen) atoms. The van der Waals surface area contributed by atoms with Gasteiger partial charge in [-0.25, -0.2) is 4.79 Å². The van der Waals surface area contributed by atoms with Crippen molar-refractivity contribution in [3.05, 3.63) is 29.3 Å². The van der Waals surface area contributed by atoms with Gasteiger partial charge in [-0.3, -0.25) is 9.59 Å². The maximum atomic E-state index is 12.1. The molecule has 1 rings (SSSR count). The summed E-state index contributed by atoms with van der Waals surface area (Å²) in [6.07, 6.45) is -0.535. The summed E-state index contributed by atoms with van der Waals surface area (Å²) in [5, 5.41) is 19.9. The van der Waals surface area contributed by atoms with E-state index in [1.807, 2.05) is 0 Å². The zero-order chi connectivity index (χ0) is 16.0. The summed E-state index contributed by atoms with van der Waals surface area (Å²) in [5.74, 6) is -2.70. The third-order valence-corrected chi connectivity index (χ3v) is 2.85. The number of carbonyl (C=O) groups is 3. The Balaban J connectivity index is 2.89. The zero-order valence-corrected chi connectivity index (χ0v) is 11.8. The first-order chi connectivity index (χ1) is 9.85. The van der Waals surface area contributed by atoms with E-state index in [1.54, 1.807) is 25.1 Å². The van der Waals surface area contributed by atoms with Crippen LogP contribution in [0.1, 0.15) is 28.8 Å². The van der Waals surface area contributed by atoms with Gasteiger partial charge >= 0.3 is 11.9 Å². The number of hydrogen-bond acceptors (Lipinski definition) is 4. The summed E-state index contributed by atoms with van der Waals surface area (Å²) in [6.45, 7) is 1.79. The summed E-state index contributed by atoms with van der Waals surface area (Å²) < 4.78 is 5.06. The second-order valence-corrected chi connectivity index (χ2v) is 4.50. The smallest absolute Gasteiger partial charge is 0.326 e. The molecule has 7 heteroatoms. The van der Waals surface area contributed by atoms with Gasteiger partial charge in [0.2, 0.25) is 0 Å². The predicted octanol–water partition coefficient (Wildman–Crippen LogP) is 1.05. The average Bonchev–Trinajstić information content (AvgIpc) is 2.42. The lowest BCUT2D eigenvalue weighted by Crippen LogP contribution is -2.41. The van der Waals surface area contributed by atoms with Crippen LogP contribution in [0.4, 0.5) is 0 Å². The second kappa shape index (κ2) is 7.28. The number of aliphatic carboxylic acids is 2. The molecule has 0 bridgehead atoms. The number of nitrogens with one attached hydrogen (secondary N) is 1. The van der Waals surface area contributed by atoms with E-state index in [-0.39, 0.29) is 18.4 Å². The van der Waals surface area contributed by atoms with Crippen LogP contribution in [-0.2, 0) is 9.59 Å². The zero-order valence-electron chi connectivity index (χ0n) is 11.8. The molecule has 0 aromatic heterocycles. The minimum Gasteiger partial charge on any atom is -0.496 e. The molecule has 0 radical (unpaired) electrons. The Bertz CT molecular complexity index is 554. The topological polar surface area (TPSA) is 113 Å². The molecule has 0 aliphatic rings. The maximum absolute atomic E-state index is 12.1. The van der Waals surface area contributed by atoms with Crippen molar-refractivity contribution in [1.29, 1.82) is 0 Å². The molecule has 0 spiro atoms. The SMILES string of the molecule is COc1ccc(C)cc1C(=O)N[C@@H](CCC(=O)O)C(=O)O. The van der Waals surface area contributed by atoms with E-state index in [4.69, 9.17) is 14.9 Å². The van der Waals surface area contributed by atoms with E-state index < -0.39 is 23.9 Å². The molecule has 0 saturated carbocycles. The number of aryl methyl sites for hydroxylation is 1. The van der Waals surface area contributed by atoms with Crippen LogP contribution in [0, 0.1) is 6.92 Å². The van der Waals surface area contributed by atoms with Crippen molar-refractivity contribution in [1.82, 2.24) is 5.32 Å². The van der Waals surface area contributed by atoms with E-state index >= 15 is 0 Å². The molecule has 1 aromatic rings. The molecule has 3 N–H and O–H groups in total. The number of hydrogen-bond donors (Lipinski definition) is 3. The summed E-state index contributed by atoms with van der Waals surface area (Å²) in [6, 6.07) is 3.68. The quantitative estimate of drug-likeness (QED) is 0.693. The molecular weight excluding hydrogens is 278 g/mol. The molecule has 0 saturated heterocycles. The Morgan fingerprint density at radius 2 is 1.95 bits per heavy atom. The number of benzene rings is 1. The van der Waals surface area contributed by atoms with Crippen molar-refractivity contribution in [3.8, 4) is 5.75 Å². The van der Waals surface area contributed by atoms with Crippen LogP contribution in [0.5, 0.6) is 5.75 Å². The van der Waals surface area contributed by atoms with E-state index in [0.717, 1.165) is 5.56 Å². The lowest BCUT2D eigenvalue weighted by Gasteiger charge is -2.15. The van der Waals surface area contributed by atoms with Crippen molar-refractivity contribution in [2.24, 2.45) is 0 Å². The highest BCUT2D eigenvalue weighted by Gasteiger charge is 2.23. The van der Waals surface area contributed by atoms with Gasteiger partial charge in [0, 0.05) is 6.42 Å². The summed E-state index contributed by atoms with van der Waals surface area (Å²) in [5.41, 5.74) is 1.03. The van der Waals surface area contributed by atoms with E-state index in [0.29, 0.717) is 5.75 Å². The summed E-state index contributed by atoms with van der Waals surface area (Å²) in [7, 11) is 1.40. The monoisotopic (exact) mass is 295 g/mol. The van der Waals surface area contributed by atoms with Crippen molar-refractivity contribution < 1.29 is 29.3 Å². The molecular formula is C14H17NO6. The Morgan fingerprint density at radius 3 is 2.48 bits per heavy atom. The molecule has 0 aliphatic heterocycles. The van der Waals surface area contributed by atoms with E-state index in [2.05, 4.69) is 5.32 Å². The van der Waals surface area contributed by atoms with Crippen LogP contribution < -0.4 is 10.1 Å². The molecule has 0 unspecified atom stereocenters. The first-order valence-electron chi connectivity index (χ1n) is 6.25. The summed E-state index contributed by atoms with van der Waals surface area (Å²) >= 11 is 0. The number of methoxy groups -OCH3 is 1. The van der Waals surface area contributed by atoms with Crippen LogP contribution in [0.3, 0.4) is 0 Å². The second-order valence-electron chi connectivity index (χ2n) is 4.50. The highest BCUT2D eigenvalue weighted by atomic mass is 16.5. The molecule has 0 fully saturated rings. The van der Waals surface area contributed by atoms with Gasteiger partial charge in [-0.2, -0.15) is 0 Å². The van der Waals surface area contributed by atoms with Gasteiger partial charge in [0.1, 0.15) is 11.8 Å². The highest BCUT2D eigenvalue weighted by molar-refractivity contribution is 5.99. The Morgan fingerprint density at radius 1 is 1.29 bits per heavy atom. The number of ether oxygens (including phenoxy) is 1. The molecule has 1 atom stereocenters. The molecule has 1 amide bonds. The van der Waals surface area contributed by atoms with Gasteiger partial charge in [0.15, 0.2) is 0 Å². The minimum absolute atomic E-state index is 0.190. The van der Waals surface area contributed by atoms with Gasteiger partial charge in [0.25, 0.3) is 5.91 Å². The van der Waals surface area contributed by atoms with Gasteiger partial charge < -0.3 is 20.3 Å². The minimum atomic E-state index is -1.28. The molecule has 114 valence electrons. The van der Waals surface area contributed by atoms with E-state index in [9.17, 15) is 14.4 Å². The predicted molar refractivity (Wildman–Crippen MR) is 73.5 cm³/mol. The van der Waals surface area contributed by atoms with Crippen molar-refractivity contribution in [2.75, 3.05) is 7.11 Å². The standard InChI is InChI=1S/C14H17NO6/c1-8-3-5-11(21-2)9(7-8)13(18)15-10(14(19)20)4-6-12(16)17/h3,5,7,10H,4,6H2,1-2H3,(H,15,18)(H,16,17)(H,19,20)/t10-/m0/s1. The summed E-state index contributed by atoms with van der Waals surface area (Å²) in [4.78, 5) is 33.7. The number of carboxylic acid groups (broad SMARTS) is 2. The lowest BCUT2D eigenvalue weighted by atomic mass is 10.1. The van der Waals surface area contributed by atoms with Crippen molar-refractivity contribution in [2.45, 2.75) is 25.8 Å². The fourth-order valence-corrected chi connectivity index (χ4v) is 1.76. The number of carbonyl (C=O) groups excluding carboxylic acids is 1. The molecule has 0 heterocycles. The molecule has 0 aliphatic carbocycles. The Hall–Kier alpha value is -2.57. The third kappa shape index (κ3) is 4.79. The first-order valence-corrected chi connectivity index (χ1v) is 6.25. The van der Waals surface area contributed by atoms with Crippen LogP contribution >= 0.6 is 0 Å². The third-order valence-electron chi connectivity index (χ3n) is 2.85. The fraction of sp³-hybridized carbons (Fsp3) is 0.357. The fourth-order valence-electron chi connectivity index (χ4n) is 1.76. The van der Waals surface area contributed by atoms with Crippen LogP contribution in [0.2, 0.25) is 0 Å². The largest absolute Gasteiger partial charge is 0.496 e. The van der Waals surface area contributed by atoms with Crippen molar-refractivity contribution >= 4 is 17.8 Å². The highest BCUT2D eigenvalue weighted by Crippen LogP contribution is 2.19. The van der Waals surface area contributed by atoms with Crippen molar-refractivity contribution in [3.63, 3.8) is 0 Å². The van der Waals surface area contributed by atoms with Crippen LogP contribution in [0.15, 0.2) is 18.2 Å². The lowest BCUT2D eigenvalue weighted by molar-refractivity contribution is -0.140. The van der Waals surface area contributed by atoms with Gasteiger partial charge in [-0.1, -0.05) is 11.6 Å². The maximum Gasteiger partial charge on any atom is 0.326 e.